The number of nitro benzene ring substituents is 1. The second-order valence-electron chi connectivity index (χ2n) is 4.92. The Morgan fingerprint density at radius 2 is 1.90 bits per heavy atom. The van der Waals surface area contributed by atoms with Crippen LogP contribution >= 0.6 is 0 Å². The Bertz CT molecular complexity index is 672. The number of nitro groups is 1. The molecule has 10 heteroatoms. The molecule has 0 aliphatic carbocycles. The summed E-state index contributed by atoms with van der Waals surface area (Å²) >= 11 is 0. The van der Waals surface area contributed by atoms with Crippen LogP contribution in [-0.4, -0.2) is 37.2 Å². The van der Waals surface area contributed by atoms with Crippen molar-refractivity contribution in [1.82, 2.24) is 4.22 Å². The normalized spacial score (nSPS) is 19.4. The van der Waals surface area contributed by atoms with Crippen LogP contribution in [0.2, 0.25) is 0 Å². The van der Waals surface area contributed by atoms with E-state index < -0.39 is 27.0 Å². The second kappa shape index (κ2) is 5.45. The fourth-order valence-electron chi connectivity index (χ4n) is 2.11. The lowest BCUT2D eigenvalue weighted by Crippen LogP contribution is -2.42. The maximum absolute atomic E-state index is 12.5. The van der Waals surface area contributed by atoms with Crippen LogP contribution in [-0.2, 0) is 19.5 Å². The first-order valence-electron chi connectivity index (χ1n) is 6.18. The molecule has 1 atom stereocenters. The lowest BCUT2D eigenvalue weighted by molar-refractivity contribution is -0.384. The van der Waals surface area contributed by atoms with Crippen LogP contribution in [0.3, 0.4) is 0 Å². The van der Waals surface area contributed by atoms with Crippen molar-refractivity contribution in [2.75, 3.05) is 0 Å². The molecule has 112 valence electrons. The average molecular weight is 312 g/mol. The molecule has 1 aromatic rings. The van der Waals surface area contributed by atoms with Crippen molar-refractivity contribution >= 4 is 29.3 Å². The van der Waals surface area contributed by atoms with Gasteiger partial charge in [-0.1, -0.05) is 13.8 Å². The van der Waals surface area contributed by atoms with E-state index in [0.717, 1.165) is 28.5 Å². The molecule has 0 spiro atoms. The van der Waals surface area contributed by atoms with Crippen LogP contribution < -0.4 is 0 Å². The number of rotatable bonds is 4. The molecule has 1 aliphatic heterocycles. The minimum atomic E-state index is -3.94. The Labute approximate surface area is 122 Å². The van der Waals surface area contributed by atoms with E-state index in [1.807, 2.05) is 0 Å². The van der Waals surface area contributed by atoms with Gasteiger partial charge in [0.1, 0.15) is 6.04 Å². The fourth-order valence-corrected chi connectivity index (χ4v) is 3.68. The van der Waals surface area contributed by atoms with E-state index in [4.69, 9.17) is 4.65 Å². The topological polar surface area (TPSA) is 107 Å². The standard InChI is InChI=1S/C11H13BN2O6S/c1-7(2)10-11(15)20-12-13(10)21(18,19)9-5-3-8(4-6-9)14(16)17/h3-7,10,12H,1-2H3. The number of carbonyl (C=O) groups is 1. The molecule has 0 aromatic heterocycles. The first-order valence-corrected chi connectivity index (χ1v) is 7.62. The van der Waals surface area contributed by atoms with Gasteiger partial charge in [-0.15, -0.1) is 0 Å². The van der Waals surface area contributed by atoms with Gasteiger partial charge in [-0.25, -0.2) is 8.42 Å². The molecule has 0 amide bonds. The zero-order valence-corrected chi connectivity index (χ0v) is 12.2. The third kappa shape index (κ3) is 2.76. The number of carbonyl (C=O) groups excluding carboxylic acids is 1. The van der Waals surface area contributed by atoms with Gasteiger partial charge in [0, 0.05) is 12.1 Å². The monoisotopic (exact) mass is 312 g/mol. The molecule has 0 N–H and O–H groups in total. The van der Waals surface area contributed by atoms with E-state index >= 15 is 0 Å². The second-order valence-corrected chi connectivity index (χ2v) is 6.82. The van der Waals surface area contributed by atoms with Crippen molar-refractivity contribution in [2.24, 2.45) is 5.92 Å². The van der Waals surface area contributed by atoms with Gasteiger partial charge in [0.2, 0.25) is 10.0 Å². The Balaban J connectivity index is 2.37. The summed E-state index contributed by atoms with van der Waals surface area (Å²) in [6.07, 6.45) is 0. The van der Waals surface area contributed by atoms with E-state index in [2.05, 4.69) is 0 Å². The summed E-state index contributed by atoms with van der Waals surface area (Å²) in [4.78, 5) is 21.5. The first kappa shape index (κ1) is 15.5. The molecule has 2 rings (SSSR count). The summed E-state index contributed by atoms with van der Waals surface area (Å²) in [6.45, 7) is 3.44. The molecule has 21 heavy (non-hydrogen) atoms. The molecule has 0 saturated carbocycles. The number of nitrogens with zero attached hydrogens (tertiary/aromatic N) is 2. The largest absolute Gasteiger partial charge is 0.521 e. The molecule has 0 radical (unpaired) electrons. The van der Waals surface area contributed by atoms with Gasteiger partial charge in [-0.05, 0) is 18.1 Å². The molecule has 1 fully saturated rings. The Hall–Kier alpha value is -1.94. The minimum Gasteiger partial charge on any atom is -0.521 e. The van der Waals surface area contributed by atoms with Crippen molar-refractivity contribution in [3.63, 3.8) is 0 Å². The zero-order valence-electron chi connectivity index (χ0n) is 11.4. The Morgan fingerprint density at radius 1 is 1.33 bits per heavy atom. The summed E-state index contributed by atoms with van der Waals surface area (Å²) in [5, 5.41) is 10.6. The zero-order chi connectivity index (χ0) is 15.8. The molecular weight excluding hydrogens is 299 g/mol. The molecule has 1 aromatic carbocycles. The lowest BCUT2D eigenvalue weighted by Gasteiger charge is -2.22. The van der Waals surface area contributed by atoms with Gasteiger partial charge in [0.25, 0.3) is 5.69 Å². The van der Waals surface area contributed by atoms with E-state index in [1.54, 1.807) is 13.8 Å². The maximum Gasteiger partial charge on any atom is 0.448 e. The van der Waals surface area contributed by atoms with E-state index in [9.17, 15) is 23.3 Å². The van der Waals surface area contributed by atoms with Crippen molar-refractivity contribution in [3.8, 4) is 0 Å². The number of benzene rings is 1. The third-order valence-electron chi connectivity index (χ3n) is 3.17. The van der Waals surface area contributed by atoms with Crippen LogP contribution in [0.25, 0.3) is 0 Å². The smallest absolute Gasteiger partial charge is 0.448 e. The van der Waals surface area contributed by atoms with E-state index in [0.29, 0.717) is 0 Å². The highest BCUT2D eigenvalue weighted by molar-refractivity contribution is 7.90. The first-order chi connectivity index (χ1) is 9.75. The SMILES string of the molecule is CC(C)C1C(=O)OBN1S(=O)(=O)c1ccc([N+](=O)[O-])cc1. The van der Waals surface area contributed by atoms with Gasteiger partial charge < -0.3 is 4.65 Å². The molecule has 1 saturated heterocycles. The van der Waals surface area contributed by atoms with Crippen molar-refractivity contribution in [3.05, 3.63) is 34.4 Å². The maximum atomic E-state index is 12.5. The number of hydrogen-bond donors (Lipinski definition) is 0. The number of hydrogen-bond acceptors (Lipinski definition) is 6. The molecule has 0 bridgehead atoms. The fraction of sp³-hybridized carbons (Fsp3) is 0.364. The van der Waals surface area contributed by atoms with Crippen molar-refractivity contribution in [1.29, 1.82) is 0 Å². The summed E-state index contributed by atoms with van der Waals surface area (Å²) in [6, 6.07) is 3.62. The van der Waals surface area contributed by atoms with Crippen LogP contribution in [0, 0.1) is 16.0 Å². The van der Waals surface area contributed by atoms with Gasteiger partial charge in [-0.3, -0.25) is 14.9 Å². The predicted molar refractivity (Wildman–Crippen MR) is 74.0 cm³/mol. The predicted octanol–water partition coefficient (Wildman–Crippen LogP) is 0.433. The van der Waals surface area contributed by atoms with Gasteiger partial charge in [0.15, 0.2) is 0 Å². The van der Waals surface area contributed by atoms with E-state index in [1.165, 1.54) is 0 Å². The summed E-state index contributed by atoms with van der Waals surface area (Å²) in [5.41, 5.74) is -0.205. The van der Waals surface area contributed by atoms with Gasteiger partial charge in [-0.2, -0.15) is 4.22 Å². The quantitative estimate of drug-likeness (QED) is 0.453. The number of non-ortho nitro benzene ring substituents is 1. The summed E-state index contributed by atoms with van der Waals surface area (Å²) < 4.78 is 30.8. The Kier molecular flexibility index (Phi) is 4.01. The minimum absolute atomic E-state index is 0.114. The summed E-state index contributed by atoms with van der Waals surface area (Å²) in [7, 11) is -4.29. The van der Waals surface area contributed by atoms with Crippen molar-refractivity contribution in [2.45, 2.75) is 24.8 Å². The van der Waals surface area contributed by atoms with Crippen LogP contribution in [0.15, 0.2) is 29.2 Å². The third-order valence-corrected chi connectivity index (χ3v) is 4.99. The molecule has 1 heterocycles. The molecule has 8 nitrogen and oxygen atoms in total. The lowest BCUT2D eigenvalue weighted by atomic mass is 10.0. The highest BCUT2D eigenvalue weighted by atomic mass is 32.2. The molecule has 1 unspecified atom stereocenters. The van der Waals surface area contributed by atoms with Crippen LogP contribution in [0.1, 0.15) is 13.8 Å². The highest BCUT2D eigenvalue weighted by Gasteiger charge is 2.45. The van der Waals surface area contributed by atoms with Crippen LogP contribution in [0.4, 0.5) is 5.69 Å². The van der Waals surface area contributed by atoms with Crippen LogP contribution in [0.5, 0.6) is 0 Å². The van der Waals surface area contributed by atoms with Gasteiger partial charge >= 0.3 is 13.6 Å². The van der Waals surface area contributed by atoms with Crippen molar-refractivity contribution < 1.29 is 22.8 Å². The highest BCUT2D eigenvalue weighted by Crippen LogP contribution is 2.26. The van der Waals surface area contributed by atoms with Gasteiger partial charge in [0.05, 0.1) is 9.82 Å². The summed E-state index contributed by atoms with van der Waals surface area (Å²) in [5.74, 6) is -0.830. The Morgan fingerprint density at radius 3 is 2.38 bits per heavy atom. The molecule has 1 aliphatic rings. The average Bonchev–Trinajstić information content (AvgIpc) is 2.81. The number of sulfonamides is 1. The van der Waals surface area contributed by atoms with E-state index in [-0.39, 0.29) is 24.1 Å². The molecular formula is C11H13BN2O6S.